The molecule has 2 rings (SSSR count). The molecule has 1 aliphatic rings. The Balaban J connectivity index is 2.12. The van der Waals surface area contributed by atoms with Gasteiger partial charge in [-0.05, 0) is 26.3 Å². The van der Waals surface area contributed by atoms with Gasteiger partial charge in [-0.2, -0.15) is 5.10 Å². The molecule has 0 saturated carbocycles. The van der Waals surface area contributed by atoms with Crippen molar-refractivity contribution < 1.29 is 9.53 Å². The second kappa shape index (κ2) is 4.58. The predicted molar refractivity (Wildman–Crippen MR) is 63.7 cm³/mol. The topological polar surface area (TPSA) is 70.1 Å². The Morgan fingerprint density at radius 2 is 2.47 bits per heavy atom. The molecule has 1 aromatic heterocycles. The number of aromatic nitrogens is 2. The molecular formula is C12H19N3O2. The summed E-state index contributed by atoms with van der Waals surface area (Å²) in [5, 5.41) is 4.32. The van der Waals surface area contributed by atoms with Gasteiger partial charge in [0.05, 0.1) is 18.7 Å². The number of nitrogens with two attached hydrogens (primary N) is 1. The van der Waals surface area contributed by atoms with Gasteiger partial charge in [0.2, 0.25) is 0 Å². The fraction of sp³-hybridized carbons (Fsp3) is 0.667. The zero-order valence-electron chi connectivity index (χ0n) is 10.4. The molecule has 1 fully saturated rings. The molecule has 0 amide bonds. The van der Waals surface area contributed by atoms with Crippen LogP contribution in [0.15, 0.2) is 6.07 Å². The van der Waals surface area contributed by atoms with Crippen molar-refractivity contribution in [3.63, 3.8) is 0 Å². The van der Waals surface area contributed by atoms with E-state index in [4.69, 9.17) is 10.5 Å². The maximum atomic E-state index is 12.2. The lowest BCUT2D eigenvalue weighted by molar-refractivity contribution is -0.123. The van der Waals surface area contributed by atoms with Crippen LogP contribution in [0.4, 0.5) is 0 Å². The van der Waals surface area contributed by atoms with Crippen molar-refractivity contribution in [3.05, 3.63) is 17.5 Å². The van der Waals surface area contributed by atoms with Crippen LogP contribution in [0.25, 0.3) is 0 Å². The standard InChI is InChI=1S/C12H19N3O2/c1-3-15-10(6-9(2)14-15)7-11(16)12(13)4-5-17-8-12/h6H,3-5,7-8,13H2,1-2H3. The lowest BCUT2D eigenvalue weighted by Gasteiger charge is -2.19. The van der Waals surface area contributed by atoms with E-state index in [0.717, 1.165) is 17.9 Å². The van der Waals surface area contributed by atoms with Gasteiger partial charge < -0.3 is 10.5 Å². The number of carbonyl (C=O) groups excluding carboxylic acids is 1. The number of carbonyl (C=O) groups is 1. The number of ether oxygens (including phenoxy) is 1. The first kappa shape index (κ1) is 12.3. The molecular weight excluding hydrogens is 218 g/mol. The largest absolute Gasteiger partial charge is 0.379 e. The quantitative estimate of drug-likeness (QED) is 0.825. The second-order valence-electron chi connectivity index (χ2n) is 4.65. The van der Waals surface area contributed by atoms with Gasteiger partial charge in [-0.1, -0.05) is 0 Å². The summed E-state index contributed by atoms with van der Waals surface area (Å²) < 4.78 is 7.07. The maximum Gasteiger partial charge on any atom is 0.161 e. The van der Waals surface area contributed by atoms with Crippen molar-refractivity contribution in [1.29, 1.82) is 0 Å². The average Bonchev–Trinajstić information content (AvgIpc) is 2.86. The zero-order chi connectivity index (χ0) is 12.5. The molecule has 17 heavy (non-hydrogen) atoms. The number of hydrogen-bond acceptors (Lipinski definition) is 4. The van der Waals surface area contributed by atoms with Gasteiger partial charge in [0.1, 0.15) is 5.54 Å². The van der Waals surface area contributed by atoms with Crippen LogP contribution in [0.2, 0.25) is 0 Å². The molecule has 5 heteroatoms. The van der Waals surface area contributed by atoms with E-state index in [1.54, 1.807) is 0 Å². The molecule has 2 N–H and O–H groups in total. The van der Waals surface area contributed by atoms with Crippen molar-refractivity contribution >= 4 is 5.78 Å². The van der Waals surface area contributed by atoms with Crippen LogP contribution >= 0.6 is 0 Å². The zero-order valence-corrected chi connectivity index (χ0v) is 10.4. The number of ketones is 1. The molecule has 1 saturated heterocycles. The summed E-state index contributed by atoms with van der Waals surface area (Å²) in [7, 11) is 0. The molecule has 0 aromatic carbocycles. The van der Waals surface area contributed by atoms with Gasteiger partial charge in [-0.15, -0.1) is 0 Å². The summed E-state index contributed by atoms with van der Waals surface area (Å²) in [6.07, 6.45) is 0.958. The Bertz CT molecular complexity index is 419. The van der Waals surface area contributed by atoms with Crippen LogP contribution in [0.5, 0.6) is 0 Å². The smallest absolute Gasteiger partial charge is 0.161 e. The third-order valence-electron chi connectivity index (χ3n) is 3.23. The van der Waals surface area contributed by atoms with Crippen LogP contribution in [0.3, 0.4) is 0 Å². The number of nitrogens with zero attached hydrogens (tertiary/aromatic N) is 2. The van der Waals surface area contributed by atoms with Crippen LogP contribution in [0.1, 0.15) is 24.7 Å². The van der Waals surface area contributed by atoms with Crippen LogP contribution in [0, 0.1) is 6.92 Å². The molecule has 5 nitrogen and oxygen atoms in total. The number of hydrogen-bond donors (Lipinski definition) is 1. The van der Waals surface area contributed by atoms with Crippen molar-refractivity contribution in [2.45, 2.75) is 38.8 Å². The minimum atomic E-state index is -0.795. The van der Waals surface area contributed by atoms with E-state index in [2.05, 4.69) is 5.10 Å². The summed E-state index contributed by atoms with van der Waals surface area (Å²) in [6, 6.07) is 1.95. The molecule has 1 aliphatic heterocycles. The summed E-state index contributed by atoms with van der Waals surface area (Å²) >= 11 is 0. The summed E-state index contributed by atoms with van der Waals surface area (Å²) in [5.74, 6) is 0.0459. The van der Waals surface area contributed by atoms with Gasteiger partial charge >= 0.3 is 0 Å². The van der Waals surface area contributed by atoms with Crippen LogP contribution in [-0.4, -0.2) is 34.3 Å². The van der Waals surface area contributed by atoms with E-state index in [9.17, 15) is 4.79 Å². The first-order chi connectivity index (χ1) is 8.05. The SMILES string of the molecule is CCn1nc(C)cc1CC(=O)C1(N)CCOC1. The van der Waals surface area contributed by atoms with Gasteiger partial charge in [-0.25, -0.2) is 0 Å². The van der Waals surface area contributed by atoms with Crippen LogP contribution < -0.4 is 5.73 Å². The summed E-state index contributed by atoms with van der Waals surface area (Å²) in [6.45, 7) is 5.62. The number of rotatable bonds is 4. The number of Topliss-reactive ketones (excluding diaryl/α,β-unsaturated/α-hetero) is 1. The molecule has 1 atom stereocenters. The monoisotopic (exact) mass is 237 g/mol. The van der Waals surface area contributed by atoms with Crippen molar-refractivity contribution in [2.75, 3.05) is 13.2 Å². The minimum Gasteiger partial charge on any atom is -0.379 e. The van der Waals surface area contributed by atoms with Crippen molar-refractivity contribution in [2.24, 2.45) is 5.73 Å². The molecule has 0 aliphatic carbocycles. The van der Waals surface area contributed by atoms with E-state index in [1.165, 1.54) is 0 Å². The van der Waals surface area contributed by atoms with Crippen molar-refractivity contribution in [1.82, 2.24) is 9.78 Å². The highest BCUT2D eigenvalue weighted by atomic mass is 16.5. The molecule has 0 spiro atoms. The lowest BCUT2D eigenvalue weighted by atomic mass is 9.91. The highest BCUT2D eigenvalue weighted by Crippen LogP contribution is 2.19. The molecule has 1 aromatic rings. The lowest BCUT2D eigenvalue weighted by Crippen LogP contribution is -2.49. The van der Waals surface area contributed by atoms with E-state index in [1.807, 2.05) is 24.6 Å². The summed E-state index contributed by atoms with van der Waals surface area (Å²) in [4.78, 5) is 12.2. The fourth-order valence-electron chi connectivity index (χ4n) is 2.16. The Hall–Kier alpha value is -1.20. The molecule has 0 bridgehead atoms. The Morgan fingerprint density at radius 3 is 3.06 bits per heavy atom. The normalized spacial score (nSPS) is 24.2. The van der Waals surface area contributed by atoms with Gasteiger partial charge in [0.25, 0.3) is 0 Å². The van der Waals surface area contributed by atoms with E-state index < -0.39 is 5.54 Å². The van der Waals surface area contributed by atoms with Crippen molar-refractivity contribution in [3.8, 4) is 0 Å². The third-order valence-corrected chi connectivity index (χ3v) is 3.23. The minimum absolute atomic E-state index is 0.0459. The van der Waals surface area contributed by atoms with Crippen LogP contribution in [-0.2, 0) is 22.5 Å². The highest BCUT2D eigenvalue weighted by Gasteiger charge is 2.38. The Kier molecular flexibility index (Phi) is 3.31. The van der Waals surface area contributed by atoms with E-state index in [0.29, 0.717) is 26.1 Å². The van der Waals surface area contributed by atoms with E-state index >= 15 is 0 Å². The van der Waals surface area contributed by atoms with E-state index in [-0.39, 0.29) is 5.78 Å². The molecule has 2 heterocycles. The van der Waals surface area contributed by atoms with Gasteiger partial charge in [0, 0.05) is 18.8 Å². The summed E-state index contributed by atoms with van der Waals surface area (Å²) in [5.41, 5.74) is 7.12. The fourth-order valence-corrected chi connectivity index (χ4v) is 2.16. The molecule has 1 unspecified atom stereocenters. The number of aryl methyl sites for hydroxylation is 2. The van der Waals surface area contributed by atoms with Gasteiger partial charge in [0.15, 0.2) is 5.78 Å². The molecule has 94 valence electrons. The Morgan fingerprint density at radius 1 is 1.71 bits per heavy atom. The van der Waals surface area contributed by atoms with Gasteiger partial charge in [-0.3, -0.25) is 9.48 Å². The first-order valence-electron chi connectivity index (χ1n) is 5.98. The second-order valence-corrected chi connectivity index (χ2v) is 4.65. The average molecular weight is 237 g/mol. The molecule has 0 radical (unpaired) electrons. The third kappa shape index (κ3) is 2.40. The Labute approximate surface area is 101 Å². The first-order valence-corrected chi connectivity index (χ1v) is 5.98. The predicted octanol–water partition coefficient (Wildman–Crippen LogP) is 0.441. The highest BCUT2D eigenvalue weighted by molar-refractivity contribution is 5.90. The maximum absolute atomic E-state index is 12.2.